The van der Waals surface area contributed by atoms with Gasteiger partial charge in [0.25, 0.3) is 0 Å². The Kier molecular flexibility index (Phi) is 18.0. The van der Waals surface area contributed by atoms with E-state index in [0.717, 1.165) is 27.4 Å². The van der Waals surface area contributed by atoms with E-state index in [1.54, 1.807) is 40.9 Å². The van der Waals surface area contributed by atoms with Gasteiger partial charge in [-0.2, -0.15) is 0 Å². The lowest BCUT2D eigenvalue weighted by Gasteiger charge is -2.30. The van der Waals surface area contributed by atoms with Crippen molar-refractivity contribution in [3.05, 3.63) is 72.1 Å². The maximum atomic E-state index is 14.0. The van der Waals surface area contributed by atoms with Gasteiger partial charge in [0.15, 0.2) is 0 Å². The molecule has 0 aliphatic carbocycles. The number of carbonyl (C=O) groups excluding carboxylic acids is 7. The lowest BCUT2D eigenvalue weighted by Crippen LogP contribution is -2.59. The molecule has 2 aromatic heterocycles. The average Bonchev–Trinajstić information content (AvgIpc) is 3.84. The number of likely N-dealkylation sites (N-methyl/N-ethyl adjacent to an activating group) is 1. The van der Waals surface area contributed by atoms with E-state index in [1.165, 1.54) is 11.8 Å². The first-order valence-corrected chi connectivity index (χ1v) is 21.2. The molecule has 0 bridgehead atoms. The number of H-pyrrole nitrogens is 2. The lowest BCUT2D eigenvalue weighted by atomic mass is 10.00. The molecule has 2 unspecified atom stereocenters. The molecule has 340 valence electrons. The topological polar surface area (TPSA) is 264 Å². The van der Waals surface area contributed by atoms with Crippen LogP contribution in [0, 0.1) is 11.8 Å². The van der Waals surface area contributed by atoms with Gasteiger partial charge in [0.05, 0.1) is 25.6 Å². The quantitative estimate of drug-likeness (QED) is 0.0492. The van der Waals surface area contributed by atoms with Crippen molar-refractivity contribution >= 4 is 69.0 Å². The highest BCUT2D eigenvalue weighted by Gasteiger charge is 2.34. The van der Waals surface area contributed by atoms with Crippen molar-refractivity contribution in [3.63, 3.8) is 0 Å². The van der Waals surface area contributed by atoms with Crippen LogP contribution in [0.3, 0.4) is 0 Å². The SMILES string of the molecule is CCCN(CC(C)=O)C(=O)C(NC(=O)[C@H](Cc1c[nH]c2ccccc12)NC(=O)CNC(=O)[C@H](CC(=O)O)NC(=O)C(NC(=O)[C@H](Cc1c[nH]c2ccccc12)NC)C(C)C)C(C)C. The van der Waals surface area contributed by atoms with Gasteiger partial charge in [0.2, 0.25) is 35.4 Å². The van der Waals surface area contributed by atoms with Gasteiger partial charge in [-0.05, 0) is 61.9 Å². The molecule has 6 amide bonds. The van der Waals surface area contributed by atoms with Crippen molar-refractivity contribution in [1.29, 1.82) is 0 Å². The largest absolute Gasteiger partial charge is 0.481 e. The predicted molar refractivity (Wildman–Crippen MR) is 237 cm³/mol. The summed E-state index contributed by atoms with van der Waals surface area (Å²) in [4.78, 5) is 113. The van der Waals surface area contributed by atoms with Crippen molar-refractivity contribution in [3.8, 4) is 0 Å². The smallest absolute Gasteiger partial charge is 0.305 e. The van der Waals surface area contributed by atoms with Crippen LogP contribution in [0.5, 0.6) is 0 Å². The van der Waals surface area contributed by atoms with E-state index >= 15 is 0 Å². The number of nitrogens with one attached hydrogen (secondary N) is 8. The summed E-state index contributed by atoms with van der Waals surface area (Å²) in [5.41, 5.74) is 3.26. The number of para-hydroxylation sites is 2. The summed E-state index contributed by atoms with van der Waals surface area (Å²) in [6.07, 6.45) is 3.54. The van der Waals surface area contributed by atoms with Gasteiger partial charge in [-0.25, -0.2) is 0 Å². The monoisotopic (exact) mass is 871 g/mol. The van der Waals surface area contributed by atoms with E-state index in [4.69, 9.17) is 0 Å². The minimum Gasteiger partial charge on any atom is -0.481 e. The van der Waals surface area contributed by atoms with Crippen LogP contribution < -0.4 is 31.9 Å². The van der Waals surface area contributed by atoms with Gasteiger partial charge in [-0.3, -0.25) is 38.4 Å². The molecule has 2 aromatic carbocycles. The van der Waals surface area contributed by atoms with Gasteiger partial charge >= 0.3 is 5.97 Å². The number of carboxylic acids is 1. The summed E-state index contributed by atoms with van der Waals surface area (Å²) >= 11 is 0. The van der Waals surface area contributed by atoms with Crippen molar-refractivity contribution < 1.29 is 43.5 Å². The number of aromatic nitrogens is 2. The number of ketones is 1. The first-order chi connectivity index (χ1) is 29.9. The minimum atomic E-state index is -1.64. The molecule has 0 fully saturated rings. The lowest BCUT2D eigenvalue weighted by molar-refractivity contribution is -0.141. The number of Topliss-reactive ketones (excluding diaryl/α,β-unsaturated/α-hetero) is 1. The van der Waals surface area contributed by atoms with Gasteiger partial charge < -0.3 is 51.9 Å². The van der Waals surface area contributed by atoms with E-state index in [1.807, 2.05) is 61.7 Å². The third-order valence-electron chi connectivity index (χ3n) is 10.6. The van der Waals surface area contributed by atoms with Crippen LogP contribution in [0.25, 0.3) is 21.8 Å². The third kappa shape index (κ3) is 13.7. The molecule has 0 radical (unpaired) electrons. The fourth-order valence-corrected chi connectivity index (χ4v) is 7.32. The Bertz CT molecular complexity index is 2270. The first kappa shape index (κ1) is 49.1. The Hall–Kier alpha value is -6.56. The number of nitrogens with zero attached hydrogens (tertiary/aromatic N) is 1. The van der Waals surface area contributed by atoms with Gasteiger partial charge in [-0.1, -0.05) is 71.0 Å². The summed E-state index contributed by atoms with van der Waals surface area (Å²) in [6, 6.07) is 9.16. The molecule has 5 atom stereocenters. The number of aliphatic carboxylic acids is 1. The second-order valence-corrected chi connectivity index (χ2v) is 16.4. The second kappa shape index (κ2) is 23.0. The van der Waals surface area contributed by atoms with Crippen LogP contribution in [-0.2, 0) is 51.2 Å². The maximum Gasteiger partial charge on any atom is 0.305 e. The Balaban J connectivity index is 1.46. The number of rotatable bonds is 24. The molecular weight excluding hydrogens is 811 g/mol. The van der Waals surface area contributed by atoms with Crippen LogP contribution in [-0.4, -0.2) is 124 Å². The Morgan fingerprint density at radius 2 is 1.19 bits per heavy atom. The molecule has 18 heteroatoms. The zero-order chi connectivity index (χ0) is 46.4. The first-order valence-electron chi connectivity index (χ1n) is 21.2. The number of benzene rings is 2. The number of hydrogen-bond donors (Lipinski definition) is 9. The van der Waals surface area contributed by atoms with Gasteiger partial charge in [-0.15, -0.1) is 0 Å². The van der Waals surface area contributed by atoms with Crippen LogP contribution in [0.15, 0.2) is 60.9 Å². The van der Waals surface area contributed by atoms with E-state index in [0.29, 0.717) is 24.9 Å². The Morgan fingerprint density at radius 1 is 0.667 bits per heavy atom. The fraction of sp³-hybridized carbons (Fsp3) is 0.467. The van der Waals surface area contributed by atoms with E-state index in [2.05, 4.69) is 41.9 Å². The predicted octanol–water partition coefficient (Wildman–Crippen LogP) is 1.69. The molecule has 0 aliphatic rings. The Labute approximate surface area is 366 Å². The number of fused-ring (bicyclic) bond motifs is 2. The van der Waals surface area contributed by atoms with Gasteiger partial charge in [0.1, 0.15) is 30.0 Å². The number of carboxylic acid groups (broad SMARTS) is 1. The zero-order valence-corrected chi connectivity index (χ0v) is 36.9. The third-order valence-corrected chi connectivity index (χ3v) is 10.6. The molecular formula is C45H61N9O9. The molecule has 0 saturated carbocycles. The number of aromatic amines is 2. The van der Waals surface area contributed by atoms with Gasteiger partial charge in [0, 0.05) is 47.2 Å². The standard InChI is InChI=1S/C45H61N9O9/c1-8-17-54(24-27(6)55)45(63)40(26(4)5)53-43(61)35(19-29-22-48-33-16-12-10-14-31(29)33)50-37(56)23-49-41(59)36(20-38(57)58)51-44(62)39(25(2)3)52-42(60)34(46-7)18-28-21-47-32-15-11-9-13-30(28)32/h9-16,21-22,25-26,34-36,39-40,46-48H,8,17-20,23-24H2,1-7H3,(H,49,59)(H,50,56)(H,51,62)(H,52,60)(H,53,61)(H,57,58)/t34-,35-,36-,39?,40?/m0/s1. The van der Waals surface area contributed by atoms with Crippen molar-refractivity contribution in [2.24, 2.45) is 11.8 Å². The summed E-state index contributed by atoms with van der Waals surface area (Å²) in [5, 5.41) is 27.4. The van der Waals surface area contributed by atoms with Crippen molar-refractivity contribution in [2.75, 3.05) is 26.7 Å². The van der Waals surface area contributed by atoms with E-state index in [-0.39, 0.29) is 18.7 Å². The second-order valence-electron chi connectivity index (χ2n) is 16.4. The van der Waals surface area contributed by atoms with Crippen LogP contribution in [0.2, 0.25) is 0 Å². The number of amides is 6. The highest BCUT2D eigenvalue weighted by Crippen LogP contribution is 2.21. The molecule has 63 heavy (non-hydrogen) atoms. The molecule has 18 nitrogen and oxygen atoms in total. The zero-order valence-electron chi connectivity index (χ0n) is 36.9. The number of carbonyl (C=O) groups is 8. The Morgan fingerprint density at radius 3 is 1.70 bits per heavy atom. The summed E-state index contributed by atoms with van der Waals surface area (Å²) in [7, 11) is 1.62. The minimum absolute atomic E-state index is 0.0170. The van der Waals surface area contributed by atoms with Crippen molar-refractivity contribution in [2.45, 2.75) is 97.4 Å². The van der Waals surface area contributed by atoms with Crippen LogP contribution in [0.1, 0.15) is 65.5 Å². The fourth-order valence-electron chi connectivity index (χ4n) is 7.32. The van der Waals surface area contributed by atoms with Crippen LogP contribution in [0.4, 0.5) is 0 Å². The van der Waals surface area contributed by atoms with E-state index < -0.39 is 96.4 Å². The summed E-state index contributed by atoms with van der Waals surface area (Å²) < 4.78 is 0. The molecule has 2 heterocycles. The normalized spacial score (nSPS) is 13.7. The van der Waals surface area contributed by atoms with Crippen molar-refractivity contribution in [1.82, 2.24) is 46.8 Å². The highest BCUT2D eigenvalue weighted by atomic mass is 16.4. The molecule has 4 aromatic rings. The molecule has 0 spiro atoms. The van der Waals surface area contributed by atoms with Crippen LogP contribution >= 0.6 is 0 Å². The maximum absolute atomic E-state index is 14.0. The summed E-state index contributed by atoms with van der Waals surface area (Å²) in [6.45, 7) is 9.57. The summed E-state index contributed by atoms with van der Waals surface area (Å²) in [5.74, 6) is -6.75. The molecule has 4 rings (SSSR count). The molecule has 0 saturated heterocycles. The highest BCUT2D eigenvalue weighted by molar-refractivity contribution is 5.98. The average molecular weight is 872 g/mol. The number of hydrogen-bond acceptors (Lipinski definition) is 9. The molecule has 9 N–H and O–H groups in total. The molecule has 0 aliphatic heterocycles. The van der Waals surface area contributed by atoms with E-state index in [9.17, 15) is 43.5 Å².